The van der Waals surface area contributed by atoms with E-state index < -0.39 is 6.17 Å². The highest BCUT2D eigenvalue weighted by Crippen LogP contribution is 2.38. The summed E-state index contributed by atoms with van der Waals surface area (Å²) in [5.74, 6) is -0.557. The molecule has 7 heteroatoms. The van der Waals surface area contributed by atoms with E-state index >= 15 is 0 Å². The van der Waals surface area contributed by atoms with E-state index in [0.29, 0.717) is 21.0 Å². The van der Waals surface area contributed by atoms with Gasteiger partial charge >= 0.3 is 0 Å². The molecule has 1 amide bonds. The van der Waals surface area contributed by atoms with Gasteiger partial charge in [0, 0.05) is 10.4 Å². The molecule has 2 heterocycles. The molecule has 1 aromatic carbocycles. The van der Waals surface area contributed by atoms with Crippen LogP contribution in [0.25, 0.3) is 0 Å². The average molecular weight is 436 g/mol. The van der Waals surface area contributed by atoms with Crippen LogP contribution in [0.1, 0.15) is 54.4 Å². The molecule has 5 nitrogen and oxygen atoms in total. The van der Waals surface area contributed by atoms with Crippen LogP contribution in [0.5, 0.6) is 0 Å². The van der Waals surface area contributed by atoms with Crippen molar-refractivity contribution in [2.45, 2.75) is 38.8 Å². The number of hydrogen-bond acceptors (Lipinski definition) is 6. The molecular formula is C23H21N3O2S2. The summed E-state index contributed by atoms with van der Waals surface area (Å²) in [7, 11) is 0. The summed E-state index contributed by atoms with van der Waals surface area (Å²) in [5.41, 5.74) is 3.24. The number of Topliss-reactive ketones (excluding diaryl/α,β-unsaturated/α-hetero) is 1. The van der Waals surface area contributed by atoms with Crippen LogP contribution in [0.3, 0.4) is 0 Å². The van der Waals surface area contributed by atoms with E-state index in [1.807, 2.05) is 24.4 Å². The molecule has 1 aliphatic rings. The largest absolute Gasteiger partial charge is 0.349 e. The van der Waals surface area contributed by atoms with Gasteiger partial charge in [-0.05, 0) is 49.6 Å². The Kier molecular flexibility index (Phi) is 5.98. The van der Waals surface area contributed by atoms with E-state index in [1.165, 1.54) is 27.6 Å². The van der Waals surface area contributed by atoms with E-state index in [9.17, 15) is 14.9 Å². The zero-order valence-electron chi connectivity index (χ0n) is 16.5. The molecular weight excluding hydrogens is 414 g/mol. The molecule has 2 aromatic heterocycles. The highest BCUT2D eigenvalue weighted by molar-refractivity contribution is 7.16. The Labute approximate surface area is 183 Å². The third-order valence-corrected chi connectivity index (χ3v) is 7.27. The Morgan fingerprint density at radius 2 is 1.90 bits per heavy atom. The second kappa shape index (κ2) is 8.82. The van der Waals surface area contributed by atoms with Gasteiger partial charge in [-0.3, -0.25) is 9.59 Å². The predicted octanol–water partition coefficient (Wildman–Crippen LogP) is 4.92. The average Bonchev–Trinajstić information content (AvgIpc) is 3.41. The number of aryl methyl sites for hydroxylation is 2. The molecule has 0 saturated heterocycles. The number of amides is 1. The molecule has 0 unspecified atom stereocenters. The molecule has 30 heavy (non-hydrogen) atoms. The smallest absolute Gasteiger partial charge is 0.263 e. The van der Waals surface area contributed by atoms with Crippen molar-refractivity contribution >= 4 is 39.4 Å². The standard InChI is InChI=1S/C23H21N3O2S2/c1-14-8-10-15(11-9-14)20(27)21(25-22(28)19-7-4-12-29-19)26-23-17(13-24)16-5-2-3-6-18(16)30-23/h4,7-12,21,26H,2-3,5-6H2,1H3,(H,25,28)/t21-/m0/s1. The van der Waals surface area contributed by atoms with Gasteiger partial charge in [0.25, 0.3) is 5.91 Å². The fourth-order valence-corrected chi connectivity index (χ4v) is 5.47. The Balaban J connectivity index is 1.66. The summed E-state index contributed by atoms with van der Waals surface area (Å²) in [6.07, 6.45) is 3.05. The van der Waals surface area contributed by atoms with E-state index in [2.05, 4.69) is 16.7 Å². The quantitative estimate of drug-likeness (QED) is 0.425. The van der Waals surface area contributed by atoms with Crippen LogP contribution < -0.4 is 10.6 Å². The number of fused-ring (bicyclic) bond motifs is 1. The Bertz CT molecular complexity index is 1110. The molecule has 152 valence electrons. The molecule has 2 N–H and O–H groups in total. The van der Waals surface area contributed by atoms with Gasteiger partial charge in [-0.25, -0.2) is 0 Å². The normalized spacial score (nSPS) is 13.7. The Morgan fingerprint density at radius 3 is 2.60 bits per heavy atom. The van der Waals surface area contributed by atoms with E-state index in [0.717, 1.165) is 36.8 Å². The molecule has 0 spiro atoms. The summed E-state index contributed by atoms with van der Waals surface area (Å²) < 4.78 is 0. The van der Waals surface area contributed by atoms with Crippen LogP contribution in [0.4, 0.5) is 5.00 Å². The first-order valence-corrected chi connectivity index (χ1v) is 11.5. The van der Waals surface area contributed by atoms with E-state index in [-0.39, 0.29) is 11.7 Å². The number of nitrogens with zero attached hydrogens (tertiary/aromatic N) is 1. The summed E-state index contributed by atoms with van der Waals surface area (Å²) >= 11 is 2.84. The van der Waals surface area contributed by atoms with Gasteiger partial charge in [-0.1, -0.05) is 35.9 Å². The minimum absolute atomic E-state index is 0.241. The number of thiophene rings is 2. The molecule has 0 bridgehead atoms. The molecule has 0 radical (unpaired) electrons. The Morgan fingerprint density at radius 1 is 1.13 bits per heavy atom. The maximum absolute atomic E-state index is 13.3. The number of anilines is 1. The van der Waals surface area contributed by atoms with Crippen molar-refractivity contribution < 1.29 is 9.59 Å². The summed E-state index contributed by atoms with van der Waals surface area (Å²) in [5, 5.41) is 18.2. The molecule has 0 fully saturated rings. The lowest BCUT2D eigenvalue weighted by atomic mass is 9.96. The number of carbonyl (C=O) groups is 2. The third kappa shape index (κ3) is 4.16. The number of nitriles is 1. The van der Waals surface area contributed by atoms with Crippen molar-refractivity contribution in [3.05, 3.63) is 73.8 Å². The van der Waals surface area contributed by atoms with Crippen LogP contribution in [0, 0.1) is 18.3 Å². The predicted molar refractivity (Wildman–Crippen MR) is 120 cm³/mol. The minimum atomic E-state index is -0.963. The van der Waals surface area contributed by atoms with Crippen LogP contribution in [-0.2, 0) is 12.8 Å². The molecule has 3 aromatic rings. The highest BCUT2D eigenvalue weighted by Gasteiger charge is 2.27. The van der Waals surface area contributed by atoms with Crippen molar-refractivity contribution in [3.63, 3.8) is 0 Å². The molecule has 1 aliphatic carbocycles. The summed E-state index contributed by atoms with van der Waals surface area (Å²) in [6, 6.07) is 13.1. The first-order valence-electron chi connectivity index (χ1n) is 9.83. The summed E-state index contributed by atoms with van der Waals surface area (Å²) in [6.45, 7) is 1.96. The van der Waals surface area contributed by atoms with Gasteiger partial charge in [-0.2, -0.15) is 5.26 Å². The SMILES string of the molecule is Cc1ccc(C(=O)[C@@H](NC(=O)c2cccs2)Nc2sc3c(c2C#N)CCCC3)cc1. The van der Waals surface area contributed by atoms with E-state index in [4.69, 9.17) is 0 Å². The maximum atomic E-state index is 13.3. The number of ketones is 1. The minimum Gasteiger partial charge on any atom is -0.349 e. The van der Waals surface area contributed by atoms with Gasteiger partial charge in [-0.15, -0.1) is 22.7 Å². The van der Waals surface area contributed by atoms with Crippen LogP contribution in [0.2, 0.25) is 0 Å². The van der Waals surface area contributed by atoms with Crippen LogP contribution in [0.15, 0.2) is 41.8 Å². The van der Waals surface area contributed by atoms with Crippen molar-refractivity contribution in [1.82, 2.24) is 5.32 Å². The maximum Gasteiger partial charge on any atom is 0.263 e. The van der Waals surface area contributed by atoms with Crippen molar-refractivity contribution in [2.24, 2.45) is 0 Å². The first-order chi connectivity index (χ1) is 14.6. The Hall–Kier alpha value is -2.95. The van der Waals surface area contributed by atoms with Gasteiger partial charge in [0.2, 0.25) is 5.78 Å². The van der Waals surface area contributed by atoms with Crippen molar-refractivity contribution in [3.8, 4) is 6.07 Å². The highest BCUT2D eigenvalue weighted by atomic mass is 32.1. The number of benzene rings is 1. The van der Waals surface area contributed by atoms with E-state index in [1.54, 1.807) is 24.3 Å². The van der Waals surface area contributed by atoms with Crippen LogP contribution in [-0.4, -0.2) is 17.9 Å². The molecule has 4 rings (SSSR count). The van der Waals surface area contributed by atoms with Gasteiger partial charge < -0.3 is 10.6 Å². The fourth-order valence-electron chi connectivity index (χ4n) is 3.58. The molecule has 1 atom stereocenters. The number of nitrogens with one attached hydrogen (secondary N) is 2. The lowest BCUT2D eigenvalue weighted by molar-refractivity contribution is 0.0872. The van der Waals surface area contributed by atoms with Gasteiger partial charge in [0.15, 0.2) is 6.17 Å². The lowest BCUT2D eigenvalue weighted by Gasteiger charge is -2.19. The second-order valence-corrected chi connectivity index (χ2v) is 9.34. The number of rotatable bonds is 6. The number of carbonyl (C=O) groups excluding carboxylic acids is 2. The zero-order valence-corrected chi connectivity index (χ0v) is 18.2. The zero-order chi connectivity index (χ0) is 21.1. The first kappa shape index (κ1) is 20.3. The second-order valence-electron chi connectivity index (χ2n) is 7.29. The molecule has 0 aliphatic heterocycles. The summed E-state index contributed by atoms with van der Waals surface area (Å²) in [4.78, 5) is 27.7. The van der Waals surface area contributed by atoms with Gasteiger partial charge in [0.05, 0.1) is 10.4 Å². The van der Waals surface area contributed by atoms with Crippen molar-refractivity contribution in [2.75, 3.05) is 5.32 Å². The van der Waals surface area contributed by atoms with Crippen LogP contribution >= 0.6 is 22.7 Å². The number of hydrogen-bond donors (Lipinski definition) is 2. The third-order valence-electron chi connectivity index (χ3n) is 5.18. The van der Waals surface area contributed by atoms with Gasteiger partial charge in [0.1, 0.15) is 11.1 Å². The lowest BCUT2D eigenvalue weighted by Crippen LogP contribution is -2.46. The monoisotopic (exact) mass is 435 g/mol. The molecule has 0 saturated carbocycles. The fraction of sp³-hybridized carbons (Fsp3) is 0.261. The van der Waals surface area contributed by atoms with Crippen molar-refractivity contribution in [1.29, 1.82) is 5.26 Å². The topological polar surface area (TPSA) is 82.0 Å².